The Kier molecular flexibility index (Phi) is 5.48. The third-order valence-electron chi connectivity index (χ3n) is 4.74. The van der Waals surface area contributed by atoms with Gasteiger partial charge in [-0.1, -0.05) is 12.1 Å². The monoisotopic (exact) mass is 377 g/mol. The summed E-state index contributed by atoms with van der Waals surface area (Å²) in [4.78, 5) is 26.7. The van der Waals surface area contributed by atoms with E-state index in [0.717, 1.165) is 0 Å². The van der Waals surface area contributed by atoms with E-state index in [1.54, 1.807) is 29.2 Å². The van der Waals surface area contributed by atoms with E-state index in [1.165, 1.54) is 7.11 Å². The summed E-state index contributed by atoms with van der Waals surface area (Å²) in [7, 11) is 1.48. The Balaban J connectivity index is 1.70. The molecular formula is C20H18F3NO3. The molecular weight excluding hydrogens is 359 g/mol. The summed E-state index contributed by atoms with van der Waals surface area (Å²) in [5, 5.41) is 0. The minimum atomic E-state index is -1.20. The molecule has 1 aliphatic heterocycles. The number of halogens is 3. The number of methoxy groups -OCH3 is 1. The number of ketones is 1. The molecule has 1 aliphatic rings. The number of carbonyl (C=O) groups excluding carboxylic acids is 2. The van der Waals surface area contributed by atoms with Crippen molar-refractivity contribution >= 4 is 11.7 Å². The SMILES string of the molecule is COc1ccccc1C(=O)N1CCC(C(=O)c2c(F)cc(F)cc2F)CC1. The first kappa shape index (κ1) is 18.9. The van der Waals surface area contributed by atoms with E-state index in [4.69, 9.17) is 4.74 Å². The maximum Gasteiger partial charge on any atom is 0.257 e. The van der Waals surface area contributed by atoms with Crippen molar-refractivity contribution in [3.05, 3.63) is 65.0 Å². The number of para-hydroxylation sites is 1. The second-order valence-corrected chi connectivity index (χ2v) is 6.38. The van der Waals surface area contributed by atoms with Crippen molar-refractivity contribution < 1.29 is 27.5 Å². The highest BCUT2D eigenvalue weighted by Crippen LogP contribution is 2.27. The number of likely N-dealkylation sites (tertiary alicyclic amines) is 1. The van der Waals surface area contributed by atoms with Crippen molar-refractivity contribution in [2.75, 3.05) is 20.2 Å². The highest BCUT2D eigenvalue weighted by Gasteiger charge is 2.32. The van der Waals surface area contributed by atoms with Gasteiger partial charge >= 0.3 is 0 Å². The third-order valence-corrected chi connectivity index (χ3v) is 4.74. The van der Waals surface area contributed by atoms with Gasteiger partial charge in [-0.05, 0) is 25.0 Å². The van der Waals surface area contributed by atoms with E-state index in [-0.39, 0.29) is 31.8 Å². The van der Waals surface area contributed by atoms with E-state index < -0.39 is 34.7 Å². The molecule has 1 fully saturated rings. The van der Waals surface area contributed by atoms with Crippen LogP contribution in [0.4, 0.5) is 13.2 Å². The van der Waals surface area contributed by atoms with Crippen LogP contribution in [0.1, 0.15) is 33.6 Å². The predicted octanol–water partition coefficient (Wildman–Crippen LogP) is 3.85. The van der Waals surface area contributed by atoms with Crippen LogP contribution in [-0.4, -0.2) is 36.8 Å². The molecule has 4 nitrogen and oxygen atoms in total. The average molecular weight is 377 g/mol. The number of amides is 1. The Labute approximate surface area is 154 Å². The molecule has 1 heterocycles. The lowest BCUT2D eigenvalue weighted by atomic mass is 9.88. The van der Waals surface area contributed by atoms with Crippen LogP contribution in [0.15, 0.2) is 36.4 Å². The topological polar surface area (TPSA) is 46.6 Å². The molecule has 0 aliphatic carbocycles. The van der Waals surface area contributed by atoms with Crippen molar-refractivity contribution in [3.63, 3.8) is 0 Å². The van der Waals surface area contributed by atoms with Gasteiger partial charge in [-0.15, -0.1) is 0 Å². The summed E-state index contributed by atoms with van der Waals surface area (Å²) in [6.07, 6.45) is 0.548. The fourth-order valence-electron chi connectivity index (χ4n) is 3.32. The lowest BCUT2D eigenvalue weighted by molar-refractivity contribution is 0.0645. The fraction of sp³-hybridized carbons (Fsp3) is 0.300. The first-order valence-electron chi connectivity index (χ1n) is 8.53. The van der Waals surface area contributed by atoms with Gasteiger partial charge in [-0.2, -0.15) is 0 Å². The van der Waals surface area contributed by atoms with Crippen molar-refractivity contribution in [1.82, 2.24) is 4.90 Å². The van der Waals surface area contributed by atoms with Crippen LogP contribution in [0.3, 0.4) is 0 Å². The molecule has 0 saturated carbocycles. The van der Waals surface area contributed by atoms with E-state index >= 15 is 0 Å². The first-order valence-corrected chi connectivity index (χ1v) is 8.53. The molecule has 1 amide bonds. The van der Waals surface area contributed by atoms with Gasteiger partial charge in [-0.3, -0.25) is 9.59 Å². The molecule has 2 aromatic carbocycles. The van der Waals surface area contributed by atoms with Gasteiger partial charge in [0.2, 0.25) is 0 Å². The highest BCUT2D eigenvalue weighted by molar-refractivity contribution is 5.99. The lowest BCUT2D eigenvalue weighted by Gasteiger charge is -2.31. The number of carbonyl (C=O) groups is 2. The number of hydrogen-bond donors (Lipinski definition) is 0. The lowest BCUT2D eigenvalue weighted by Crippen LogP contribution is -2.40. The Bertz CT molecular complexity index is 854. The van der Waals surface area contributed by atoms with Crippen LogP contribution < -0.4 is 4.74 Å². The first-order chi connectivity index (χ1) is 12.9. The zero-order valence-electron chi connectivity index (χ0n) is 14.7. The summed E-state index contributed by atoms with van der Waals surface area (Å²) < 4.78 is 45.9. The highest BCUT2D eigenvalue weighted by atomic mass is 19.1. The van der Waals surface area contributed by atoms with Crippen molar-refractivity contribution in [2.45, 2.75) is 12.8 Å². The Morgan fingerprint density at radius 2 is 1.63 bits per heavy atom. The summed E-state index contributed by atoms with van der Waals surface area (Å²) >= 11 is 0. The minimum absolute atomic E-state index is 0.225. The van der Waals surface area contributed by atoms with Gasteiger partial charge in [0, 0.05) is 31.1 Å². The normalized spacial score (nSPS) is 14.9. The maximum atomic E-state index is 13.8. The molecule has 1 saturated heterocycles. The predicted molar refractivity (Wildman–Crippen MR) is 92.3 cm³/mol. The number of ether oxygens (including phenoxy) is 1. The van der Waals surface area contributed by atoms with Crippen LogP contribution >= 0.6 is 0 Å². The second-order valence-electron chi connectivity index (χ2n) is 6.38. The molecule has 0 unspecified atom stereocenters. The zero-order valence-corrected chi connectivity index (χ0v) is 14.7. The molecule has 0 bridgehead atoms. The summed E-state index contributed by atoms with van der Waals surface area (Å²) in [5.41, 5.74) is -0.300. The zero-order chi connectivity index (χ0) is 19.6. The van der Waals surface area contributed by atoms with Crippen LogP contribution in [0.25, 0.3) is 0 Å². The standard InChI is InChI=1S/C20H18F3NO3/c1-27-17-5-3-2-4-14(17)20(26)24-8-6-12(7-9-24)19(25)18-15(22)10-13(21)11-16(18)23/h2-5,10-12H,6-9H2,1H3. The van der Waals surface area contributed by atoms with Crippen LogP contribution in [0.2, 0.25) is 0 Å². The van der Waals surface area contributed by atoms with Gasteiger partial charge < -0.3 is 9.64 Å². The molecule has 0 atom stereocenters. The summed E-state index contributed by atoms with van der Waals surface area (Å²) in [6.45, 7) is 0.551. The second kappa shape index (κ2) is 7.82. The number of nitrogens with zero attached hydrogens (tertiary/aromatic N) is 1. The molecule has 0 N–H and O–H groups in total. The van der Waals surface area contributed by atoms with Gasteiger partial charge in [0.05, 0.1) is 18.2 Å². The molecule has 2 aromatic rings. The average Bonchev–Trinajstić information content (AvgIpc) is 2.66. The molecule has 142 valence electrons. The van der Waals surface area contributed by atoms with E-state index in [2.05, 4.69) is 0 Å². The molecule has 0 spiro atoms. The molecule has 0 radical (unpaired) electrons. The molecule has 0 aromatic heterocycles. The summed E-state index contributed by atoms with van der Waals surface area (Å²) in [6, 6.07) is 7.82. The van der Waals surface area contributed by atoms with Crippen LogP contribution in [0.5, 0.6) is 5.75 Å². The molecule has 3 rings (SSSR count). The summed E-state index contributed by atoms with van der Waals surface area (Å²) in [5.74, 6) is -4.57. The largest absolute Gasteiger partial charge is 0.496 e. The smallest absolute Gasteiger partial charge is 0.257 e. The molecule has 27 heavy (non-hydrogen) atoms. The van der Waals surface area contributed by atoms with E-state index in [9.17, 15) is 22.8 Å². The minimum Gasteiger partial charge on any atom is -0.496 e. The van der Waals surface area contributed by atoms with E-state index in [1.807, 2.05) is 0 Å². The van der Waals surface area contributed by atoms with Gasteiger partial charge in [0.15, 0.2) is 5.78 Å². The van der Waals surface area contributed by atoms with Gasteiger partial charge in [-0.25, -0.2) is 13.2 Å². The fourth-order valence-corrected chi connectivity index (χ4v) is 3.32. The van der Waals surface area contributed by atoms with Crippen molar-refractivity contribution in [3.8, 4) is 5.75 Å². The van der Waals surface area contributed by atoms with Crippen molar-refractivity contribution in [2.24, 2.45) is 5.92 Å². The Morgan fingerprint density at radius 3 is 2.22 bits per heavy atom. The third kappa shape index (κ3) is 3.82. The van der Waals surface area contributed by atoms with E-state index in [0.29, 0.717) is 23.4 Å². The van der Waals surface area contributed by atoms with Gasteiger partial charge in [0.25, 0.3) is 5.91 Å². The Morgan fingerprint density at radius 1 is 1.04 bits per heavy atom. The number of benzene rings is 2. The molecule has 7 heteroatoms. The Hall–Kier alpha value is -2.83. The van der Waals surface area contributed by atoms with Crippen molar-refractivity contribution in [1.29, 1.82) is 0 Å². The number of piperidine rings is 1. The van der Waals surface area contributed by atoms with Crippen LogP contribution in [0, 0.1) is 23.4 Å². The van der Waals surface area contributed by atoms with Gasteiger partial charge in [0.1, 0.15) is 23.2 Å². The number of rotatable bonds is 4. The number of Topliss-reactive ketones (excluding diaryl/α,β-unsaturated/α-hetero) is 1. The van der Waals surface area contributed by atoms with Crippen LogP contribution in [-0.2, 0) is 0 Å². The maximum absolute atomic E-state index is 13.8. The quantitative estimate of drug-likeness (QED) is 0.761. The number of hydrogen-bond acceptors (Lipinski definition) is 3.